The molecule has 1 aliphatic rings. The number of nitrogens with two attached hydrogens (primary N) is 3. The normalized spacial score (nSPS) is 23.7. The van der Waals surface area contributed by atoms with E-state index in [0.29, 0.717) is 35.1 Å². The van der Waals surface area contributed by atoms with Gasteiger partial charge in [-0.15, -0.1) is 0 Å². The predicted octanol–water partition coefficient (Wildman–Crippen LogP) is 0.550. The van der Waals surface area contributed by atoms with Crippen LogP contribution in [0.3, 0.4) is 0 Å². The van der Waals surface area contributed by atoms with E-state index in [9.17, 15) is 43.5 Å². The molecular weight excluding hydrogens is 1010 g/mol. The zero-order valence-corrected chi connectivity index (χ0v) is 43.7. The third kappa shape index (κ3) is 17.4. The van der Waals surface area contributed by atoms with E-state index in [1.807, 2.05) is 24.3 Å². The van der Waals surface area contributed by atoms with Gasteiger partial charge in [-0.3, -0.25) is 38.4 Å². The van der Waals surface area contributed by atoms with E-state index in [2.05, 4.69) is 42.2 Å². The maximum Gasteiger partial charge on any atom is 0.245 e. The summed E-state index contributed by atoms with van der Waals surface area (Å²) in [7, 11) is 2.21. The molecule has 8 amide bonds. The van der Waals surface area contributed by atoms with Gasteiger partial charge in [0.05, 0.1) is 12.1 Å². The summed E-state index contributed by atoms with van der Waals surface area (Å²) in [5.74, 6) is -6.57. The molecule has 0 spiro atoms. The van der Waals surface area contributed by atoms with E-state index in [1.165, 1.54) is 6.92 Å². The summed E-state index contributed by atoms with van der Waals surface area (Å²) in [6.45, 7) is 1.53. The van der Waals surface area contributed by atoms with Crippen molar-refractivity contribution in [1.29, 1.82) is 0 Å². The Bertz CT molecular complexity index is 2750. The number of aromatic amines is 1. The molecule has 20 nitrogen and oxygen atoms in total. The molecule has 0 bridgehead atoms. The molecule has 1 saturated heterocycles. The number of carbonyl (C=O) groups excluding carboxylic acids is 8. The quantitative estimate of drug-likeness (QED) is 0.0535. The molecule has 0 saturated carbocycles. The van der Waals surface area contributed by atoms with Crippen LogP contribution in [-0.2, 0) is 64.0 Å². The Labute approximate surface area is 448 Å². The van der Waals surface area contributed by atoms with E-state index < -0.39 is 102 Å². The second-order valence-electron chi connectivity index (χ2n) is 18.6. The first-order valence-corrected chi connectivity index (χ1v) is 27.6. The van der Waals surface area contributed by atoms with Gasteiger partial charge < -0.3 is 64.5 Å². The Kier molecular flexibility index (Phi) is 22.3. The lowest BCUT2D eigenvalue weighted by Gasteiger charge is -2.29. The number of fused-ring (bicyclic) bond motifs is 1. The zero-order chi connectivity index (χ0) is 54.6. The number of H-pyrrole nitrogens is 1. The van der Waals surface area contributed by atoms with Crippen molar-refractivity contribution in [3.05, 3.63) is 144 Å². The number of unbranched alkanes of at least 4 members (excludes halogenated alkanes) is 1. The van der Waals surface area contributed by atoms with Crippen LogP contribution in [0.25, 0.3) is 10.9 Å². The summed E-state index contributed by atoms with van der Waals surface area (Å²) in [4.78, 5) is 117. The third-order valence-electron chi connectivity index (χ3n) is 12.7. The number of benzene rings is 4. The topological polar surface area (TPSA) is 335 Å². The lowest BCUT2D eigenvalue weighted by molar-refractivity contribution is -0.137. The van der Waals surface area contributed by atoms with Crippen LogP contribution in [0.4, 0.5) is 0 Å². The summed E-state index contributed by atoms with van der Waals surface area (Å²) in [5, 5.41) is 30.9. The summed E-state index contributed by atoms with van der Waals surface area (Å²) in [6, 6.07) is 23.1. The fraction of sp³-hybridized carbons (Fsp3) is 0.370. The van der Waals surface area contributed by atoms with Gasteiger partial charge in [0, 0.05) is 54.3 Å². The molecule has 1 fully saturated rings. The summed E-state index contributed by atoms with van der Waals surface area (Å²) < 4.78 is 0. The predicted molar refractivity (Wildman–Crippen MR) is 293 cm³/mol. The molecule has 22 heteroatoms. The third-order valence-corrected chi connectivity index (χ3v) is 15.1. The molecule has 4 aromatic carbocycles. The lowest BCUT2D eigenvalue weighted by atomic mass is 10.00. The minimum Gasteiger partial charge on any atom is -0.391 e. The molecule has 0 unspecified atom stereocenters. The first-order chi connectivity index (χ1) is 36.6. The summed E-state index contributed by atoms with van der Waals surface area (Å²) in [5.41, 5.74) is 21.4. The van der Waals surface area contributed by atoms with E-state index >= 15 is 0 Å². The molecule has 0 aliphatic carbocycles. The van der Waals surface area contributed by atoms with Gasteiger partial charge in [-0.25, -0.2) is 0 Å². The van der Waals surface area contributed by atoms with Gasteiger partial charge in [-0.2, -0.15) is 0 Å². The molecule has 6 rings (SSSR count). The largest absolute Gasteiger partial charge is 0.391 e. The summed E-state index contributed by atoms with van der Waals surface area (Å²) in [6.07, 6.45) is 0.790. The highest BCUT2D eigenvalue weighted by molar-refractivity contribution is 8.76. The van der Waals surface area contributed by atoms with Crippen molar-refractivity contribution in [1.82, 2.24) is 42.2 Å². The van der Waals surface area contributed by atoms with Crippen molar-refractivity contribution in [3.8, 4) is 0 Å². The van der Waals surface area contributed by atoms with Crippen LogP contribution < -0.4 is 54.4 Å². The molecule has 9 atom stereocenters. The van der Waals surface area contributed by atoms with Crippen LogP contribution in [0.5, 0.6) is 0 Å². The van der Waals surface area contributed by atoms with Crippen LogP contribution in [0.15, 0.2) is 121 Å². The molecule has 0 radical (unpaired) electrons. The number of aliphatic hydroxyl groups excluding tert-OH is 1. The Hall–Kier alpha value is -7.24. The van der Waals surface area contributed by atoms with Crippen LogP contribution in [-0.4, -0.2) is 130 Å². The van der Waals surface area contributed by atoms with Crippen LogP contribution >= 0.6 is 21.6 Å². The van der Waals surface area contributed by atoms with Crippen LogP contribution in [0.1, 0.15) is 48.4 Å². The number of carbonyl (C=O) groups is 8. The highest BCUT2D eigenvalue weighted by atomic mass is 33.1. The number of amides is 8. The first-order valence-electron chi connectivity index (χ1n) is 25.1. The second-order valence-corrected chi connectivity index (χ2v) is 21.1. The number of para-hydroxylation sites is 1. The number of hydrogen-bond donors (Lipinski definition) is 12. The van der Waals surface area contributed by atoms with Crippen molar-refractivity contribution >= 4 is 79.7 Å². The van der Waals surface area contributed by atoms with Crippen LogP contribution in [0.2, 0.25) is 0 Å². The number of rotatable bonds is 14. The van der Waals surface area contributed by atoms with Gasteiger partial charge in [-0.05, 0) is 61.1 Å². The lowest BCUT2D eigenvalue weighted by Crippen LogP contribution is -2.62. The molecule has 5 aromatic rings. The molecule has 2 heterocycles. The summed E-state index contributed by atoms with van der Waals surface area (Å²) >= 11 is 0. The highest BCUT2D eigenvalue weighted by Crippen LogP contribution is 2.23. The zero-order valence-electron chi connectivity index (χ0n) is 42.1. The minimum absolute atomic E-state index is 0.00747. The average molecular weight is 1080 g/mol. The van der Waals surface area contributed by atoms with Crippen molar-refractivity contribution in [2.45, 2.75) is 106 Å². The first kappa shape index (κ1) is 58.0. The van der Waals surface area contributed by atoms with E-state index in [4.69, 9.17) is 17.2 Å². The molecular formula is C54H67N11O9S2. The SMILES string of the molecule is C[C@@H](O)[C@@H]1NC(=O)[C@H](CCCCN)NC(=O)[C@@H](Cc2c[nH]c3ccccc23)NC(=O)[C@H](Cc2ccccc2)NC(=O)[C@H](Cc2ccccc2)NC(=O)[C@H](N)CSSC[C@H](C(N)=O)NC(=O)[C@H](Cc2ccccc2)NC1=O. The fourth-order valence-corrected chi connectivity index (χ4v) is 10.8. The van der Waals surface area contributed by atoms with Gasteiger partial charge in [0.25, 0.3) is 0 Å². The van der Waals surface area contributed by atoms with Crippen molar-refractivity contribution < 1.29 is 43.5 Å². The van der Waals surface area contributed by atoms with E-state index in [0.717, 1.165) is 32.5 Å². The van der Waals surface area contributed by atoms with E-state index in [-0.39, 0.29) is 50.2 Å². The number of aliphatic hydroxyl groups is 1. The Morgan fingerprint density at radius 3 is 1.50 bits per heavy atom. The second kappa shape index (κ2) is 29.2. The van der Waals surface area contributed by atoms with Crippen molar-refractivity contribution in [2.75, 3.05) is 18.1 Å². The van der Waals surface area contributed by atoms with Crippen molar-refractivity contribution in [3.63, 3.8) is 0 Å². The molecule has 15 N–H and O–H groups in total. The maximum atomic E-state index is 14.8. The van der Waals surface area contributed by atoms with E-state index in [1.54, 1.807) is 97.2 Å². The fourth-order valence-electron chi connectivity index (χ4n) is 8.47. The molecule has 1 aliphatic heterocycles. The highest BCUT2D eigenvalue weighted by Gasteiger charge is 2.36. The van der Waals surface area contributed by atoms with Gasteiger partial charge in [0.15, 0.2) is 0 Å². The Morgan fingerprint density at radius 2 is 0.987 bits per heavy atom. The Morgan fingerprint density at radius 1 is 0.553 bits per heavy atom. The smallest absolute Gasteiger partial charge is 0.245 e. The Balaban J connectivity index is 1.39. The number of hydrogen-bond acceptors (Lipinski definition) is 13. The molecule has 1 aromatic heterocycles. The average Bonchev–Trinajstić information content (AvgIpc) is 3.82. The number of primary amides is 1. The van der Waals surface area contributed by atoms with Crippen molar-refractivity contribution in [2.24, 2.45) is 17.2 Å². The monoisotopic (exact) mass is 1080 g/mol. The van der Waals surface area contributed by atoms with Gasteiger partial charge in [0.1, 0.15) is 42.3 Å². The molecule has 76 heavy (non-hydrogen) atoms. The number of aromatic nitrogens is 1. The van der Waals surface area contributed by atoms with Gasteiger partial charge in [0.2, 0.25) is 47.3 Å². The number of nitrogens with one attached hydrogen (secondary N) is 8. The van der Waals surface area contributed by atoms with Gasteiger partial charge in [-0.1, -0.05) is 131 Å². The van der Waals surface area contributed by atoms with Gasteiger partial charge >= 0.3 is 0 Å². The molecule has 404 valence electrons. The minimum atomic E-state index is -1.67. The van der Waals surface area contributed by atoms with Crippen LogP contribution in [0, 0.1) is 0 Å². The maximum absolute atomic E-state index is 14.8. The standard InChI is InChI=1S/C54H67N11O9S2/c1-32(66)46-54(74)63-43(27-35-19-9-4-10-20-35)52(72)64-45(47(57)67)31-76-75-30-38(56)48(68)60-41(25-33-15-5-2-6-16-33)50(70)61-42(26-34-17-7-3-8-18-34)51(71)62-44(28-36-29-58-39-22-12-11-21-37(36)39)53(73)59-40(49(69)65-46)23-13-14-24-55/h2-12,15-22,29,32,38,40-46,58,66H,13-14,23-28,30-31,55-56H2,1H3,(H2,57,67)(H,59,73)(H,60,68)(H,61,70)(H,62,71)(H,63,74)(H,64,72)(H,65,69)/t32-,38-,40+,41+,42+,43+,44-,45-,46+/m1/s1.